The second kappa shape index (κ2) is 5.21. The van der Waals surface area contributed by atoms with Crippen LogP contribution in [0.15, 0.2) is 29.6 Å². The minimum absolute atomic E-state index is 0.780. The molecule has 0 amide bonds. The number of rotatable bonds is 5. The molecule has 0 aliphatic heterocycles. The zero-order valence-corrected chi connectivity index (χ0v) is 11.5. The summed E-state index contributed by atoms with van der Waals surface area (Å²) in [5.74, 6) is 0.780. The molecule has 0 spiro atoms. The van der Waals surface area contributed by atoms with Gasteiger partial charge in [-0.15, -0.1) is 11.3 Å². The van der Waals surface area contributed by atoms with Crippen LogP contribution < -0.4 is 5.32 Å². The van der Waals surface area contributed by atoms with Crippen molar-refractivity contribution < 1.29 is 0 Å². The van der Waals surface area contributed by atoms with Gasteiger partial charge in [0.05, 0.1) is 5.69 Å². The van der Waals surface area contributed by atoms with Crippen LogP contribution in [-0.2, 0) is 6.54 Å². The Morgan fingerprint density at radius 1 is 1.33 bits per heavy atom. The van der Waals surface area contributed by atoms with Crippen LogP contribution in [0.25, 0.3) is 10.6 Å². The summed E-state index contributed by atoms with van der Waals surface area (Å²) in [6.07, 6.45) is 2.68. The van der Waals surface area contributed by atoms with Gasteiger partial charge in [0, 0.05) is 17.5 Å². The highest BCUT2D eigenvalue weighted by atomic mass is 32.1. The maximum absolute atomic E-state index is 4.74. The van der Waals surface area contributed by atoms with E-state index < -0.39 is 0 Å². The van der Waals surface area contributed by atoms with Crippen molar-refractivity contribution in [3.8, 4) is 10.6 Å². The lowest BCUT2D eigenvalue weighted by Crippen LogP contribution is -2.11. The number of aromatic nitrogens is 1. The van der Waals surface area contributed by atoms with Crippen LogP contribution in [0.2, 0.25) is 0 Å². The van der Waals surface area contributed by atoms with E-state index in [2.05, 4.69) is 41.9 Å². The van der Waals surface area contributed by atoms with Gasteiger partial charge in [-0.2, -0.15) is 0 Å². The highest BCUT2D eigenvalue weighted by Crippen LogP contribution is 2.44. The minimum atomic E-state index is 0.780. The number of nitrogens with zero attached hydrogens (tertiary/aromatic N) is 1. The molecular weight excluding hydrogens is 240 g/mol. The molecule has 1 aliphatic carbocycles. The molecule has 1 aliphatic rings. The number of benzene rings is 1. The van der Waals surface area contributed by atoms with Gasteiger partial charge in [0.25, 0.3) is 0 Å². The van der Waals surface area contributed by atoms with E-state index >= 15 is 0 Å². The van der Waals surface area contributed by atoms with Crippen molar-refractivity contribution in [2.75, 3.05) is 6.54 Å². The lowest BCUT2D eigenvalue weighted by atomic mass is 10.0. The van der Waals surface area contributed by atoms with E-state index in [0.717, 1.165) is 24.7 Å². The number of nitrogens with one attached hydrogen (secondary N) is 1. The Morgan fingerprint density at radius 3 is 2.94 bits per heavy atom. The first-order chi connectivity index (χ1) is 8.88. The lowest BCUT2D eigenvalue weighted by Gasteiger charge is -2.05. The summed E-state index contributed by atoms with van der Waals surface area (Å²) in [5, 5.41) is 6.66. The number of thiazole rings is 1. The molecule has 3 rings (SSSR count). The molecule has 0 atom stereocenters. The fourth-order valence-electron chi connectivity index (χ4n) is 2.21. The molecule has 2 aromatic rings. The minimum Gasteiger partial charge on any atom is -0.311 e. The molecule has 1 saturated carbocycles. The van der Waals surface area contributed by atoms with Gasteiger partial charge in [0.1, 0.15) is 5.01 Å². The van der Waals surface area contributed by atoms with Crippen LogP contribution >= 0.6 is 11.3 Å². The van der Waals surface area contributed by atoms with E-state index in [1.54, 1.807) is 11.3 Å². The molecule has 1 heterocycles. The third-order valence-electron chi connectivity index (χ3n) is 3.32. The quantitative estimate of drug-likeness (QED) is 0.882. The van der Waals surface area contributed by atoms with E-state index in [9.17, 15) is 0 Å². The molecule has 0 saturated heterocycles. The first-order valence-corrected chi connectivity index (χ1v) is 7.51. The Kier molecular flexibility index (Phi) is 3.43. The summed E-state index contributed by atoms with van der Waals surface area (Å²) < 4.78 is 0. The fourth-order valence-corrected chi connectivity index (χ4v) is 3.07. The highest BCUT2D eigenvalue weighted by Gasteiger charge is 2.26. The maximum atomic E-state index is 4.74. The van der Waals surface area contributed by atoms with Crippen LogP contribution in [0, 0.1) is 0 Å². The Balaban J connectivity index is 1.87. The monoisotopic (exact) mass is 258 g/mol. The Bertz CT molecular complexity index is 529. The fraction of sp³-hybridized carbons (Fsp3) is 0.400. The molecule has 0 bridgehead atoms. The van der Waals surface area contributed by atoms with Crippen LogP contribution in [0.4, 0.5) is 0 Å². The second-order valence-corrected chi connectivity index (χ2v) is 5.64. The molecule has 1 fully saturated rings. The van der Waals surface area contributed by atoms with Crippen molar-refractivity contribution in [2.45, 2.75) is 32.2 Å². The second-order valence-electron chi connectivity index (χ2n) is 4.79. The van der Waals surface area contributed by atoms with E-state index in [0.29, 0.717) is 0 Å². The van der Waals surface area contributed by atoms with Crippen molar-refractivity contribution in [1.82, 2.24) is 10.3 Å². The Labute approximate surface area is 112 Å². The SMILES string of the molecule is CCNCc1csc(-c2ccccc2C2CC2)n1. The van der Waals surface area contributed by atoms with Gasteiger partial charge < -0.3 is 5.32 Å². The number of hydrogen-bond donors (Lipinski definition) is 1. The summed E-state index contributed by atoms with van der Waals surface area (Å²) in [6, 6.07) is 8.73. The van der Waals surface area contributed by atoms with E-state index in [1.165, 1.54) is 29.0 Å². The largest absolute Gasteiger partial charge is 0.311 e. The molecule has 3 heteroatoms. The standard InChI is InChI=1S/C15H18N2S/c1-2-16-9-12-10-18-15(17-12)14-6-4-3-5-13(14)11-7-8-11/h3-6,10-11,16H,2,7-9H2,1H3. The zero-order chi connectivity index (χ0) is 12.4. The summed E-state index contributed by atoms with van der Waals surface area (Å²) in [6.45, 7) is 3.99. The van der Waals surface area contributed by atoms with Crippen LogP contribution in [0.1, 0.15) is 36.9 Å². The van der Waals surface area contributed by atoms with Crippen molar-refractivity contribution >= 4 is 11.3 Å². The highest BCUT2D eigenvalue weighted by molar-refractivity contribution is 7.13. The number of hydrogen-bond acceptors (Lipinski definition) is 3. The molecule has 2 nitrogen and oxygen atoms in total. The van der Waals surface area contributed by atoms with Crippen molar-refractivity contribution in [1.29, 1.82) is 0 Å². The molecule has 1 aromatic carbocycles. The smallest absolute Gasteiger partial charge is 0.123 e. The van der Waals surface area contributed by atoms with Gasteiger partial charge in [-0.3, -0.25) is 0 Å². The zero-order valence-electron chi connectivity index (χ0n) is 10.6. The van der Waals surface area contributed by atoms with Gasteiger partial charge in [-0.05, 0) is 30.9 Å². The third kappa shape index (κ3) is 2.47. The summed E-state index contributed by atoms with van der Waals surface area (Å²) in [4.78, 5) is 4.74. The summed E-state index contributed by atoms with van der Waals surface area (Å²) >= 11 is 1.76. The molecule has 0 radical (unpaired) electrons. The molecule has 18 heavy (non-hydrogen) atoms. The summed E-state index contributed by atoms with van der Waals surface area (Å²) in [5.41, 5.74) is 3.98. The topological polar surface area (TPSA) is 24.9 Å². The Morgan fingerprint density at radius 2 is 2.17 bits per heavy atom. The molecular formula is C15H18N2S. The van der Waals surface area contributed by atoms with Crippen molar-refractivity contribution in [2.24, 2.45) is 0 Å². The summed E-state index contributed by atoms with van der Waals surface area (Å²) in [7, 11) is 0. The molecule has 1 N–H and O–H groups in total. The third-order valence-corrected chi connectivity index (χ3v) is 4.24. The Hall–Kier alpha value is -1.19. The predicted molar refractivity (Wildman–Crippen MR) is 76.9 cm³/mol. The van der Waals surface area contributed by atoms with Gasteiger partial charge in [-0.25, -0.2) is 4.98 Å². The predicted octanol–water partition coefficient (Wildman–Crippen LogP) is 3.80. The average molecular weight is 258 g/mol. The first-order valence-electron chi connectivity index (χ1n) is 6.63. The van der Waals surface area contributed by atoms with Gasteiger partial charge >= 0.3 is 0 Å². The van der Waals surface area contributed by atoms with Gasteiger partial charge in [0.2, 0.25) is 0 Å². The van der Waals surface area contributed by atoms with Crippen LogP contribution in [0.3, 0.4) is 0 Å². The lowest BCUT2D eigenvalue weighted by molar-refractivity contribution is 0.715. The van der Waals surface area contributed by atoms with Gasteiger partial charge in [0.15, 0.2) is 0 Å². The normalized spacial score (nSPS) is 14.9. The van der Waals surface area contributed by atoms with Gasteiger partial charge in [-0.1, -0.05) is 31.2 Å². The molecule has 0 unspecified atom stereocenters. The molecule has 1 aromatic heterocycles. The van der Waals surface area contributed by atoms with E-state index in [-0.39, 0.29) is 0 Å². The van der Waals surface area contributed by atoms with Crippen LogP contribution in [0.5, 0.6) is 0 Å². The maximum Gasteiger partial charge on any atom is 0.123 e. The van der Waals surface area contributed by atoms with Crippen molar-refractivity contribution in [3.05, 3.63) is 40.9 Å². The van der Waals surface area contributed by atoms with E-state index in [4.69, 9.17) is 4.98 Å². The first kappa shape index (κ1) is 11.9. The van der Waals surface area contributed by atoms with E-state index in [1.807, 2.05) is 0 Å². The molecule has 94 valence electrons. The van der Waals surface area contributed by atoms with Crippen LogP contribution in [-0.4, -0.2) is 11.5 Å². The van der Waals surface area contributed by atoms with Crippen molar-refractivity contribution in [3.63, 3.8) is 0 Å². The average Bonchev–Trinajstić information content (AvgIpc) is 3.15.